The first kappa shape index (κ1) is 31.1. The number of ether oxygens (including phenoxy) is 3. The Morgan fingerprint density at radius 3 is 2.79 bits per heavy atom. The molecule has 9 heteroatoms. The quantitative estimate of drug-likeness (QED) is 0.413. The predicted molar refractivity (Wildman–Crippen MR) is 160 cm³/mol. The van der Waals surface area contributed by atoms with Gasteiger partial charge in [-0.05, 0) is 68.9 Å². The van der Waals surface area contributed by atoms with Crippen molar-refractivity contribution in [2.45, 2.75) is 122 Å². The average Bonchev–Trinajstić information content (AvgIpc) is 3.63. The van der Waals surface area contributed by atoms with Gasteiger partial charge in [0.1, 0.15) is 12.8 Å². The molecule has 2 N–H and O–H groups in total. The van der Waals surface area contributed by atoms with Crippen LogP contribution in [0.3, 0.4) is 0 Å². The smallest absolute Gasteiger partial charge is 0.238 e. The Balaban J connectivity index is 1.26. The maximum atomic E-state index is 14.5. The normalized spacial score (nSPS) is 43.3. The van der Waals surface area contributed by atoms with Crippen molar-refractivity contribution in [3.05, 3.63) is 23.8 Å². The lowest BCUT2D eigenvalue weighted by Gasteiger charge is -2.59. The van der Waals surface area contributed by atoms with E-state index in [0.29, 0.717) is 32.2 Å². The van der Waals surface area contributed by atoms with E-state index in [-0.39, 0.29) is 59.8 Å². The number of carbonyl (C=O) groups excluding carboxylic acids is 3. The number of allylic oxidation sites excluding steroid dienone is 4. The minimum absolute atomic E-state index is 0.0171. The minimum atomic E-state index is -1.22. The van der Waals surface area contributed by atoms with Gasteiger partial charge in [0.2, 0.25) is 5.91 Å². The number of likely N-dealkylation sites (tertiary alicyclic amines) is 1. The van der Waals surface area contributed by atoms with E-state index in [9.17, 15) is 19.5 Å². The number of fused-ring (bicyclic) bond motifs is 7. The molecule has 2 saturated heterocycles. The second-order valence-electron chi connectivity index (χ2n) is 14.6. The summed E-state index contributed by atoms with van der Waals surface area (Å²) in [6, 6.07) is 0.201. The highest BCUT2D eigenvalue weighted by Crippen LogP contribution is 2.69. The summed E-state index contributed by atoms with van der Waals surface area (Å²) >= 11 is 0. The molecule has 0 bridgehead atoms. The van der Waals surface area contributed by atoms with Crippen LogP contribution in [-0.2, 0) is 28.6 Å². The molecule has 6 rings (SSSR count). The molecule has 43 heavy (non-hydrogen) atoms. The molecular formula is C34H50N2O7. The van der Waals surface area contributed by atoms with Gasteiger partial charge in [-0.25, -0.2) is 0 Å². The van der Waals surface area contributed by atoms with Gasteiger partial charge in [0, 0.05) is 29.3 Å². The third kappa shape index (κ3) is 4.89. The summed E-state index contributed by atoms with van der Waals surface area (Å²) in [6.07, 6.45) is 9.32. The lowest BCUT2D eigenvalue weighted by molar-refractivity contribution is -0.203. The van der Waals surface area contributed by atoms with Crippen LogP contribution in [0.15, 0.2) is 23.8 Å². The van der Waals surface area contributed by atoms with Crippen molar-refractivity contribution < 1.29 is 33.7 Å². The Labute approximate surface area is 255 Å². The van der Waals surface area contributed by atoms with Gasteiger partial charge < -0.3 is 29.5 Å². The van der Waals surface area contributed by atoms with Crippen molar-refractivity contribution in [3.8, 4) is 0 Å². The van der Waals surface area contributed by atoms with Crippen molar-refractivity contribution in [2.75, 3.05) is 19.7 Å². The monoisotopic (exact) mass is 598 g/mol. The zero-order valence-electron chi connectivity index (χ0n) is 26.5. The summed E-state index contributed by atoms with van der Waals surface area (Å²) < 4.78 is 19.5. The number of amides is 1. The third-order valence-corrected chi connectivity index (χ3v) is 11.8. The number of carbonyl (C=O) groups is 3. The number of ketones is 2. The summed E-state index contributed by atoms with van der Waals surface area (Å²) in [7, 11) is 0. The van der Waals surface area contributed by atoms with Gasteiger partial charge in [0.25, 0.3) is 0 Å². The molecule has 9 nitrogen and oxygen atoms in total. The van der Waals surface area contributed by atoms with Gasteiger partial charge in [-0.3, -0.25) is 14.4 Å². The van der Waals surface area contributed by atoms with Crippen molar-refractivity contribution in [1.82, 2.24) is 10.2 Å². The SMILES string of the molecule is CCCC1O[C@@H]2C[C@H]3[C@@H]4CCC5=CC(=O)C=C[C@]5(C)[C@H]4[C@@H](O)C[C@]3(C)[C@]2(C(=O)COC2CCCN2C(=O)CNC(C)C)O1. The Morgan fingerprint density at radius 1 is 1.26 bits per heavy atom. The Morgan fingerprint density at radius 2 is 2.05 bits per heavy atom. The fraction of sp³-hybridized carbons (Fsp3) is 0.794. The summed E-state index contributed by atoms with van der Waals surface area (Å²) in [6.45, 7) is 11.1. The molecule has 0 aromatic heterocycles. The molecule has 2 heterocycles. The van der Waals surface area contributed by atoms with Crippen molar-refractivity contribution in [1.29, 1.82) is 0 Å². The molecule has 0 radical (unpaired) electrons. The molecule has 2 aliphatic heterocycles. The second-order valence-corrected chi connectivity index (χ2v) is 14.6. The van der Waals surface area contributed by atoms with Crippen LogP contribution in [0.1, 0.15) is 86.0 Å². The van der Waals surface area contributed by atoms with Gasteiger partial charge in [0.05, 0.1) is 18.8 Å². The molecule has 0 aromatic carbocycles. The van der Waals surface area contributed by atoms with E-state index in [1.54, 1.807) is 17.1 Å². The number of nitrogens with zero attached hydrogens (tertiary/aromatic N) is 1. The first-order valence-electron chi connectivity index (χ1n) is 16.6. The van der Waals surface area contributed by atoms with E-state index in [0.717, 1.165) is 31.3 Å². The minimum Gasteiger partial charge on any atom is -0.393 e. The van der Waals surface area contributed by atoms with E-state index in [4.69, 9.17) is 14.2 Å². The molecule has 1 amide bonds. The highest BCUT2D eigenvalue weighted by molar-refractivity contribution is 6.01. The van der Waals surface area contributed by atoms with Crippen LogP contribution in [0.25, 0.3) is 0 Å². The number of rotatable bonds is 9. The Bertz CT molecular complexity index is 1200. The van der Waals surface area contributed by atoms with E-state index in [1.165, 1.54) is 0 Å². The van der Waals surface area contributed by atoms with E-state index in [1.807, 2.05) is 19.9 Å². The third-order valence-electron chi connectivity index (χ3n) is 11.8. The lowest BCUT2D eigenvalue weighted by Crippen LogP contribution is -2.63. The highest BCUT2D eigenvalue weighted by Gasteiger charge is 2.75. The summed E-state index contributed by atoms with van der Waals surface area (Å²) in [5, 5.41) is 15.1. The van der Waals surface area contributed by atoms with E-state index >= 15 is 0 Å². The second kappa shape index (κ2) is 11.5. The Hall–Kier alpha value is -1.91. The molecule has 4 aliphatic carbocycles. The molecule has 5 fully saturated rings. The van der Waals surface area contributed by atoms with Crippen LogP contribution in [-0.4, -0.2) is 83.5 Å². The number of hydrogen-bond acceptors (Lipinski definition) is 8. The van der Waals surface area contributed by atoms with Crippen LogP contribution >= 0.6 is 0 Å². The number of hydrogen-bond donors (Lipinski definition) is 2. The van der Waals surface area contributed by atoms with Gasteiger partial charge in [-0.2, -0.15) is 0 Å². The van der Waals surface area contributed by atoms with Crippen LogP contribution in [0.2, 0.25) is 0 Å². The van der Waals surface area contributed by atoms with Crippen LogP contribution in [0.4, 0.5) is 0 Å². The molecule has 3 saturated carbocycles. The molecule has 238 valence electrons. The predicted octanol–water partition coefficient (Wildman–Crippen LogP) is 3.69. The van der Waals surface area contributed by atoms with E-state index in [2.05, 4.69) is 26.1 Å². The largest absolute Gasteiger partial charge is 0.393 e. The van der Waals surface area contributed by atoms with Crippen LogP contribution in [0.5, 0.6) is 0 Å². The zero-order chi connectivity index (χ0) is 30.7. The maximum Gasteiger partial charge on any atom is 0.238 e. The van der Waals surface area contributed by atoms with Gasteiger partial charge in [0.15, 0.2) is 23.5 Å². The van der Waals surface area contributed by atoms with Gasteiger partial charge in [-0.15, -0.1) is 0 Å². The van der Waals surface area contributed by atoms with Crippen molar-refractivity contribution >= 4 is 17.5 Å². The molecular weight excluding hydrogens is 548 g/mol. The van der Waals surface area contributed by atoms with Crippen LogP contribution in [0, 0.1) is 28.6 Å². The van der Waals surface area contributed by atoms with Crippen molar-refractivity contribution in [2.24, 2.45) is 28.6 Å². The standard InChI is InChI=1S/C34H50N2O7/c1-6-8-30-42-27-16-24-23-11-10-21-15-22(37)12-13-32(21,4)31(23)25(38)17-33(24,5)34(27,43-30)26(39)19-41-29-9-7-14-36(29)28(40)18-35-20(2)3/h12-13,15,20,23-25,27,29-31,35,38H,6-11,14,16-19H2,1-5H3/t23-,24-,25-,27+,29?,30?,31+,32-,33-,34+/m0/s1. The summed E-state index contributed by atoms with van der Waals surface area (Å²) in [5.74, 6) is 0.100. The Kier molecular flexibility index (Phi) is 8.29. The fourth-order valence-electron chi connectivity index (χ4n) is 9.87. The highest BCUT2D eigenvalue weighted by atomic mass is 16.7. The maximum absolute atomic E-state index is 14.5. The zero-order valence-corrected chi connectivity index (χ0v) is 26.5. The van der Waals surface area contributed by atoms with Gasteiger partial charge in [-0.1, -0.05) is 52.7 Å². The van der Waals surface area contributed by atoms with Crippen LogP contribution < -0.4 is 5.32 Å². The molecule has 0 aromatic rings. The van der Waals surface area contributed by atoms with Gasteiger partial charge >= 0.3 is 0 Å². The molecule has 10 atom stereocenters. The molecule has 0 spiro atoms. The fourth-order valence-corrected chi connectivity index (χ4v) is 9.87. The number of nitrogens with one attached hydrogen (secondary N) is 1. The topological polar surface area (TPSA) is 114 Å². The average molecular weight is 599 g/mol. The number of aliphatic hydroxyl groups is 1. The molecule has 2 unspecified atom stereocenters. The summed E-state index contributed by atoms with van der Waals surface area (Å²) in [5.41, 5.74) is -1.13. The van der Waals surface area contributed by atoms with E-state index < -0.39 is 35.7 Å². The molecule has 6 aliphatic rings. The number of aliphatic hydroxyl groups excluding tert-OH is 1. The first-order valence-corrected chi connectivity index (χ1v) is 16.6. The lowest BCUT2D eigenvalue weighted by atomic mass is 9.46. The number of Topliss-reactive ketones (excluding diaryl/α,β-unsaturated/α-hetero) is 1. The van der Waals surface area contributed by atoms with Crippen molar-refractivity contribution in [3.63, 3.8) is 0 Å². The first-order chi connectivity index (χ1) is 20.4. The summed E-state index contributed by atoms with van der Waals surface area (Å²) in [4.78, 5) is 41.4.